The Morgan fingerprint density at radius 3 is 2.70 bits per heavy atom. The Bertz CT molecular complexity index is 449. The Kier molecular flexibility index (Phi) is 6.58. The van der Waals surface area contributed by atoms with Gasteiger partial charge in [0.1, 0.15) is 11.6 Å². The number of likely N-dealkylation sites (N-methyl/N-ethyl adjacent to an activating group) is 1. The lowest BCUT2D eigenvalue weighted by Gasteiger charge is -2.20. The molecule has 0 heterocycles. The molecule has 0 radical (unpaired) electrons. The van der Waals surface area contributed by atoms with Crippen molar-refractivity contribution in [1.82, 2.24) is 10.2 Å². The summed E-state index contributed by atoms with van der Waals surface area (Å²) in [5.74, 6) is -1.11. The van der Waals surface area contributed by atoms with Crippen molar-refractivity contribution in [2.24, 2.45) is 0 Å². The number of nitrogens with one attached hydrogen (secondary N) is 1. The molecule has 0 aliphatic heterocycles. The molecule has 1 aromatic rings. The number of benzene rings is 1. The lowest BCUT2D eigenvalue weighted by atomic mass is 10.1. The van der Waals surface area contributed by atoms with Crippen LogP contribution in [0.2, 0.25) is 0 Å². The second-order valence-electron chi connectivity index (χ2n) is 5.16. The van der Waals surface area contributed by atoms with Crippen LogP contribution in [0.25, 0.3) is 0 Å². The maximum atomic E-state index is 13.4. The summed E-state index contributed by atoms with van der Waals surface area (Å²) in [6, 6.07) is 3.71. The zero-order valence-corrected chi connectivity index (χ0v) is 12.2. The average molecular weight is 284 g/mol. The second-order valence-corrected chi connectivity index (χ2v) is 5.16. The Balaban J connectivity index is 2.31. The van der Waals surface area contributed by atoms with E-state index in [4.69, 9.17) is 0 Å². The molecule has 20 heavy (non-hydrogen) atoms. The zero-order chi connectivity index (χ0) is 15.1. The van der Waals surface area contributed by atoms with Crippen molar-refractivity contribution in [3.8, 4) is 0 Å². The molecule has 3 nitrogen and oxygen atoms in total. The highest BCUT2D eigenvalue weighted by molar-refractivity contribution is 5.76. The number of halogens is 2. The fraction of sp³-hybridized carbons (Fsp3) is 0.533. The summed E-state index contributed by atoms with van der Waals surface area (Å²) in [4.78, 5) is 13.7. The molecule has 0 saturated heterocycles. The molecular weight excluding hydrogens is 262 g/mol. The first-order chi connectivity index (χ1) is 9.40. The van der Waals surface area contributed by atoms with Gasteiger partial charge in [0.25, 0.3) is 0 Å². The predicted octanol–water partition coefficient (Wildman–Crippen LogP) is 2.35. The van der Waals surface area contributed by atoms with E-state index in [2.05, 4.69) is 24.1 Å². The van der Waals surface area contributed by atoms with Gasteiger partial charge in [-0.05, 0) is 51.1 Å². The second kappa shape index (κ2) is 7.94. The third-order valence-electron chi connectivity index (χ3n) is 3.30. The van der Waals surface area contributed by atoms with E-state index in [-0.39, 0.29) is 24.3 Å². The third-order valence-corrected chi connectivity index (χ3v) is 3.30. The Morgan fingerprint density at radius 2 is 2.05 bits per heavy atom. The Labute approximate surface area is 119 Å². The van der Waals surface area contributed by atoms with Crippen molar-refractivity contribution in [1.29, 1.82) is 0 Å². The fourth-order valence-corrected chi connectivity index (χ4v) is 1.70. The van der Waals surface area contributed by atoms with E-state index < -0.39 is 11.6 Å². The molecule has 0 aliphatic rings. The molecule has 0 bridgehead atoms. The van der Waals surface area contributed by atoms with Crippen LogP contribution in [0.1, 0.15) is 25.8 Å². The maximum Gasteiger partial charge on any atom is 0.220 e. The molecule has 112 valence electrons. The zero-order valence-electron chi connectivity index (χ0n) is 12.2. The molecule has 5 heteroatoms. The van der Waals surface area contributed by atoms with Gasteiger partial charge in [-0.3, -0.25) is 4.79 Å². The van der Waals surface area contributed by atoms with E-state index >= 15 is 0 Å². The van der Waals surface area contributed by atoms with E-state index in [1.54, 1.807) is 0 Å². The van der Waals surface area contributed by atoms with Crippen LogP contribution < -0.4 is 5.32 Å². The summed E-state index contributed by atoms with van der Waals surface area (Å²) < 4.78 is 26.3. The molecule has 0 aromatic heterocycles. The molecule has 1 N–H and O–H groups in total. The van der Waals surface area contributed by atoms with Gasteiger partial charge in [0.15, 0.2) is 0 Å². The summed E-state index contributed by atoms with van der Waals surface area (Å²) in [7, 11) is 1.99. The fourth-order valence-electron chi connectivity index (χ4n) is 1.70. The molecule has 0 atom stereocenters. The van der Waals surface area contributed by atoms with Gasteiger partial charge < -0.3 is 10.2 Å². The highest BCUT2D eigenvalue weighted by atomic mass is 19.1. The van der Waals surface area contributed by atoms with Crippen LogP contribution in [-0.4, -0.2) is 37.0 Å². The van der Waals surface area contributed by atoms with Gasteiger partial charge in [-0.25, -0.2) is 8.78 Å². The number of amides is 1. The number of rotatable bonds is 7. The lowest BCUT2D eigenvalue weighted by Crippen LogP contribution is -2.36. The van der Waals surface area contributed by atoms with Crippen LogP contribution >= 0.6 is 0 Å². The molecule has 0 spiro atoms. The quantitative estimate of drug-likeness (QED) is 0.833. The largest absolute Gasteiger partial charge is 0.355 e. The molecule has 0 unspecified atom stereocenters. The van der Waals surface area contributed by atoms with Crippen LogP contribution in [0.3, 0.4) is 0 Å². The van der Waals surface area contributed by atoms with Crippen molar-refractivity contribution in [3.05, 3.63) is 35.4 Å². The smallest absolute Gasteiger partial charge is 0.220 e. The normalized spacial score (nSPS) is 11.2. The van der Waals surface area contributed by atoms with Crippen LogP contribution in [0.15, 0.2) is 18.2 Å². The van der Waals surface area contributed by atoms with E-state index in [0.29, 0.717) is 12.6 Å². The highest BCUT2D eigenvalue weighted by Crippen LogP contribution is 2.11. The van der Waals surface area contributed by atoms with Gasteiger partial charge in [0.05, 0.1) is 0 Å². The lowest BCUT2D eigenvalue weighted by molar-refractivity contribution is -0.121. The van der Waals surface area contributed by atoms with Crippen molar-refractivity contribution >= 4 is 5.91 Å². The number of carbonyl (C=O) groups excluding carboxylic acids is 1. The van der Waals surface area contributed by atoms with Gasteiger partial charge in [-0.1, -0.05) is 0 Å². The van der Waals surface area contributed by atoms with Crippen LogP contribution in [0, 0.1) is 11.6 Å². The number of aryl methyl sites for hydroxylation is 1. The monoisotopic (exact) mass is 284 g/mol. The van der Waals surface area contributed by atoms with E-state index in [1.165, 1.54) is 0 Å². The van der Waals surface area contributed by atoms with Gasteiger partial charge >= 0.3 is 0 Å². The standard InChI is InChI=1S/C15H22F2N2O/c1-11(2)19(3)9-8-18-15(20)7-4-12-10-13(16)5-6-14(12)17/h5-6,10-11H,4,7-9H2,1-3H3,(H,18,20). The minimum absolute atomic E-state index is 0.147. The average Bonchev–Trinajstić information content (AvgIpc) is 2.39. The number of hydrogen-bond donors (Lipinski definition) is 1. The van der Waals surface area contributed by atoms with E-state index in [0.717, 1.165) is 24.7 Å². The van der Waals surface area contributed by atoms with Crippen molar-refractivity contribution in [3.63, 3.8) is 0 Å². The molecule has 1 rings (SSSR count). The maximum absolute atomic E-state index is 13.4. The van der Waals surface area contributed by atoms with Gasteiger partial charge in [-0.2, -0.15) is 0 Å². The number of carbonyl (C=O) groups is 1. The Hall–Kier alpha value is -1.49. The summed E-state index contributed by atoms with van der Waals surface area (Å²) >= 11 is 0. The summed E-state index contributed by atoms with van der Waals surface area (Å²) in [6.45, 7) is 5.47. The summed E-state index contributed by atoms with van der Waals surface area (Å²) in [6.07, 6.45) is 0.362. The third kappa shape index (κ3) is 5.65. The molecule has 0 saturated carbocycles. The van der Waals surface area contributed by atoms with Crippen LogP contribution in [0.5, 0.6) is 0 Å². The number of hydrogen-bond acceptors (Lipinski definition) is 2. The highest BCUT2D eigenvalue weighted by Gasteiger charge is 2.08. The first-order valence-corrected chi connectivity index (χ1v) is 6.81. The van der Waals surface area contributed by atoms with Crippen LogP contribution in [0.4, 0.5) is 8.78 Å². The molecule has 0 aliphatic carbocycles. The first kappa shape index (κ1) is 16.6. The van der Waals surface area contributed by atoms with Gasteiger partial charge in [0.2, 0.25) is 5.91 Å². The van der Waals surface area contributed by atoms with Crippen molar-refractivity contribution in [2.75, 3.05) is 20.1 Å². The SMILES string of the molecule is CC(C)N(C)CCNC(=O)CCc1cc(F)ccc1F. The number of nitrogens with zero attached hydrogens (tertiary/aromatic N) is 1. The molecule has 0 fully saturated rings. The molecule has 1 aromatic carbocycles. The summed E-state index contributed by atoms with van der Waals surface area (Å²) in [5.41, 5.74) is 0.236. The van der Waals surface area contributed by atoms with E-state index in [9.17, 15) is 13.6 Å². The minimum atomic E-state index is -0.486. The molecule has 1 amide bonds. The summed E-state index contributed by atoms with van der Waals surface area (Å²) in [5, 5.41) is 2.78. The topological polar surface area (TPSA) is 32.3 Å². The van der Waals surface area contributed by atoms with Crippen molar-refractivity contribution in [2.45, 2.75) is 32.7 Å². The molecular formula is C15H22F2N2O. The Morgan fingerprint density at radius 1 is 1.35 bits per heavy atom. The van der Waals surface area contributed by atoms with Crippen molar-refractivity contribution < 1.29 is 13.6 Å². The van der Waals surface area contributed by atoms with Crippen LogP contribution in [-0.2, 0) is 11.2 Å². The van der Waals surface area contributed by atoms with E-state index in [1.807, 2.05) is 7.05 Å². The van der Waals surface area contributed by atoms with Gasteiger partial charge in [0, 0.05) is 25.6 Å². The first-order valence-electron chi connectivity index (χ1n) is 6.81. The predicted molar refractivity (Wildman–Crippen MR) is 75.5 cm³/mol. The van der Waals surface area contributed by atoms with Gasteiger partial charge in [-0.15, -0.1) is 0 Å². The minimum Gasteiger partial charge on any atom is -0.355 e.